The van der Waals surface area contributed by atoms with Crippen molar-refractivity contribution < 1.29 is 9.47 Å². The first-order valence-corrected chi connectivity index (χ1v) is 20.6. The van der Waals surface area contributed by atoms with Gasteiger partial charge in [0.1, 0.15) is 34.6 Å². The van der Waals surface area contributed by atoms with Gasteiger partial charge in [-0.1, -0.05) is 158 Å². The predicted molar refractivity (Wildman–Crippen MR) is 227 cm³/mol. The van der Waals surface area contributed by atoms with Crippen molar-refractivity contribution in [2.45, 2.75) is 0 Å². The van der Waals surface area contributed by atoms with Crippen molar-refractivity contribution in [1.82, 2.24) is 4.57 Å². The van der Waals surface area contributed by atoms with Gasteiger partial charge in [0.25, 0.3) is 6.71 Å². The van der Waals surface area contributed by atoms with Crippen LogP contribution in [0.4, 0.5) is 0 Å². The van der Waals surface area contributed by atoms with Crippen LogP contribution in [0.15, 0.2) is 188 Å². The van der Waals surface area contributed by atoms with Gasteiger partial charge >= 0.3 is 0 Å². The minimum atomic E-state index is -2.80. The average molecular weight is 719 g/mol. The van der Waals surface area contributed by atoms with E-state index in [0.29, 0.717) is 17.1 Å². The first-order valence-electron chi connectivity index (χ1n) is 18.6. The molecule has 0 radical (unpaired) electrons. The fraction of sp³-hybridized carbons (Fsp3) is 0. The number of para-hydroxylation sites is 3. The molecule has 0 N–H and O–H groups in total. The lowest BCUT2D eigenvalue weighted by molar-refractivity contribution is 0.463. The van der Waals surface area contributed by atoms with E-state index in [4.69, 9.17) is 9.47 Å². The topological polar surface area (TPSA) is 47.2 Å². The molecule has 0 spiro atoms. The Balaban J connectivity index is 1.20. The Hall–Kier alpha value is -7.07. The summed E-state index contributed by atoms with van der Waals surface area (Å²) in [6, 6.07) is 69.5. The molecule has 8 aromatic carbocycles. The van der Waals surface area contributed by atoms with Crippen LogP contribution in [-0.2, 0) is 0 Å². The van der Waals surface area contributed by atoms with Crippen LogP contribution in [0.25, 0.3) is 27.5 Å². The standard InChI is InChI=1S/C49H31BN2O2Si/c51-32-39-44(31-47-48-49(39)54-46-27-15-12-24-41(46)50(48)40-23-11-14-26-45(40)53-47)52-42-25-13-10-22-37(42)38-30-36(28-29-43(38)52)55(33-16-4-1-5-17-33,34-18-6-2-7-19-34)35-20-8-3-9-21-35/h1-31H. The van der Waals surface area contributed by atoms with Crippen LogP contribution in [0, 0.1) is 11.3 Å². The molecule has 1 aromatic heterocycles. The SMILES string of the molecule is N#Cc1c(-n2c3ccccc3c3cc([Si](c4ccccc4)(c4ccccc4)c4ccccc4)ccc32)cc2c3c1Oc1ccccc1B3c1ccccc1O2. The molecule has 0 aliphatic carbocycles. The van der Waals surface area contributed by atoms with Crippen LogP contribution in [0.1, 0.15) is 5.56 Å². The third kappa shape index (κ3) is 4.51. The molecular formula is C49H31BN2O2Si. The molecule has 0 fully saturated rings. The predicted octanol–water partition coefficient (Wildman–Crippen LogP) is 6.76. The number of benzene rings is 8. The highest BCUT2D eigenvalue weighted by molar-refractivity contribution is 7.20. The molecule has 0 saturated heterocycles. The lowest BCUT2D eigenvalue weighted by Crippen LogP contribution is -2.74. The van der Waals surface area contributed by atoms with Gasteiger partial charge in [-0.05, 0) is 55.9 Å². The lowest BCUT2D eigenvalue weighted by atomic mass is 9.34. The molecule has 0 saturated carbocycles. The van der Waals surface area contributed by atoms with E-state index >= 15 is 0 Å². The van der Waals surface area contributed by atoms with Crippen molar-refractivity contribution in [2.24, 2.45) is 0 Å². The minimum Gasteiger partial charge on any atom is -0.458 e. The van der Waals surface area contributed by atoms with Gasteiger partial charge in [0.2, 0.25) is 0 Å². The molecule has 0 amide bonds. The quantitative estimate of drug-likeness (QED) is 0.146. The summed E-state index contributed by atoms with van der Waals surface area (Å²) in [5.74, 6) is 2.83. The number of nitrogens with zero attached hydrogens (tertiary/aromatic N) is 2. The fourth-order valence-electron chi connectivity index (χ4n) is 9.25. The maximum absolute atomic E-state index is 11.1. The van der Waals surface area contributed by atoms with E-state index in [1.165, 1.54) is 20.7 Å². The van der Waals surface area contributed by atoms with Gasteiger partial charge in [-0.15, -0.1) is 0 Å². The van der Waals surface area contributed by atoms with Gasteiger partial charge in [-0.2, -0.15) is 5.26 Å². The summed E-state index contributed by atoms with van der Waals surface area (Å²) in [7, 11) is -2.80. The van der Waals surface area contributed by atoms with Crippen LogP contribution in [0.3, 0.4) is 0 Å². The number of rotatable bonds is 5. The smallest absolute Gasteiger partial charge is 0.260 e. The van der Waals surface area contributed by atoms with E-state index in [-0.39, 0.29) is 6.71 Å². The Kier molecular flexibility index (Phi) is 7.00. The van der Waals surface area contributed by atoms with Crippen molar-refractivity contribution in [2.75, 3.05) is 0 Å². The van der Waals surface area contributed by atoms with E-state index in [1.54, 1.807) is 0 Å². The number of nitriles is 1. The van der Waals surface area contributed by atoms with Gasteiger partial charge in [-0.3, -0.25) is 0 Å². The highest BCUT2D eigenvalue weighted by Crippen LogP contribution is 2.42. The van der Waals surface area contributed by atoms with Crippen molar-refractivity contribution in [1.29, 1.82) is 5.26 Å². The zero-order valence-electron chi connectivity index (χ0n) is 29.7. The first kappa shape index (κ1) is 31.5. The molecule has 0 bridgehead atoms. The van der Waals surface area contributed by atoms with Gasteiger partial charge in [-0.25, -0.2) is 0 Å². The molecule has 256 valence electrons. The maximum atomic E-state index is 11.1. The van der Waals surface area contributed by atoms with Crippen molar-refractivity contribution in [3.8, 4) is 34.8 Å². The molecule has 3 heterocycles. The largest absolute Gasteiger partial charge is 0.458 e. The zero-order chi connectivity index (χ0) is 36.5. The highest BCUT2D eigenvalue weighted by atomic mass is 28.3. The van der Waals surface area contributed by atoms with Crippen molar-refractivity contribution in [3.05, 3.63) is 194 Å². The Bertz CT molecular complexity index is 2900. The number of aromatic nitrogens is 1. The second kappa shape index (κ2) is 12.2. The molecule has 4 nitrogen and oxygen atoms in total. The summed E-state index contributed by atoms with van der Waals surface area (Å²) in [6.45, 7) is -0.117. The highest BCUT2D eigenvalue weighted by Gasteiger charge is 2.43. The Morgan fingerprint density at radius 3 is 1.62 bits per heavy atom. The van der Waals surface area contributed by atoms with Crippen LogP contribution < -0.4 is 46.6 Å². The summed E-state index contributed by atoms with van der Waals surface area (Å²) < 4.78 is 15.7. The molecule has 11 rings (SSSR count). The molecule has 0 atom stereocenters. The lowest BCUT2D eigenvalue weighted by Gasteiger charge is -2.34. The summed E-state index contributed by atoms with van der Waals surface area (Å²) >= 11 is 0. The number of hydrogen-bond donors (Lipinski definition) is 0. The summed E-state index contributed by atoms with van der Waals surface area (Å²) in [5, 5.41) is 18.6. The van der Waals surface area contributed by atoms with E-state index in [1.807, 2.05) is 42.5 Å². The van der Waals surface area contributed by atoms with Crippen molar-refractivity contribution >= 4 is 73.7 Å². The second-order valence-electron chi connectivity index (χ2n) is 14.3. The number of hydrogen-bond acceptors (Lipinski definition) is 3. The normalized spacial score (nSPS) is 12.6. The molecular weight excluding hydrogens is 687 g/mol. The van der Waals surface area contributed by atoms with Crippen LogP contribution in [-0.4, -0.2) is 19.4 Å². The summed E-state index contributed by atoms with van der Waals surface area (Å²) in [4.78, 5) is 0. The monoisotopic (exact) mass is 718 g/mol. The Labute approximate surface area is 320 Å². The Morgan fingerprint density at radius 2 is 1.00 bits per heavy atom. The molecule has 2 aliphatic rings. The van der Waals surface area contributed by atoms with E-state index in [9.17, 15) is 5.26 Å². The molecule has 2 aliphatic heterocycles. The van der Waals surface area contributed by atoms with Crippen LogP contribution in [0.2, 0.25) is 0 Å². The van der Waals surface area contributed by atoms with Gasteiger partial charge < -0.3 is 14.0 Å². The van der Waals surface area contributed by atoms with Gasteiger partial charge in [0.15, 0.2) is 8.07 Å². The fourth-order valence-corrected chi connectivity index (χ4v) is 14.0. The second-order valence-corrected chi connectivity index (χ2v) is 18.1. The molecule has 6 heteroatoms. The minimum absolute atomic E-state index is 0.117. The number of fused-ring (bicyclic) bond motifs is 7. The first-order chi connectivity index (χ1) is 27.3. The van der Waals surface area contributed by atoms with Gasteiger partial charge in [0, 0.05) is 22.3 Å². The van der Waals surface area contributed by atoms with Crippen LogP contribution >= 0.6 is 0 Å². The molecule has 9 aromatic rings. The average Bonchev–Trinajstić information content (AvgIpc) is 3.58. The summed E-state index contributed by atoms with van der Waals surface area (Å²) in [5.41, 5.74) is 6.25. The third-order valence-corrected chi connectivity index (χ3v) is 16.3. The van der Waals surface area contributed by atoms with E-state index in [2.05, 4.69) is 156 Å². The zero-order valence-corrected chi connectivity index (χ0v) is 30.7. The summed E-state index contributed by atoms with van der Waals surface area (Å²) in [6.07, 6.45) is 0. The van der Waals surface area contributed by atoms with E-state index in [0.717, 1.165) is 55.4 Å². The molecule has 0 unspecified atom stereocenters. The van der Waals surface area contributed by atoms with Crippen molar-refractivity contribution in [3.63, 3.8) is 0 Å². The third-order valence-electron chi connectivity index (χ3n) is 11.5. The van der Waals surface area contributed by atoms with Crippen LogP contribution in [0.5, 0.6) is 23.0 Å². The number of ether oxygens (including phenoxy) is 2. The maximum Gasteiger partial charge on any atom is 0.260 e. The molecule has 55 heavy (non-hydrogen) atoms. The van der Waals surface area contributed by atoms with E-state index < -0.39 is 8.07 Å². The van der Waals surface area contributed by atoms with Gasteiger partial charge in [0.05, 0.1) is 16.7 Å². The Morgan fingerprint density at radius 1 is 0.473 bits per heavy atom.